The molecule has 1 aromatic rings. The maximum absolute atomic E-state index is 11.7. The molecule has 1 rings (SSSR count). The molecule has 1 aromatic carbocycles. The third kappa shape index (κ3) is 4.58. The van der Waals surface area contributed by atoms with Gasteiger partial charge in [0, 0.05) is 28.0 Å². The van der Waals surface area contributed by atoms with E-state index in [1.807, 2.05) is 24.3 Å². The predicted molar refractivity (Wildman–Crippen MR) is 71.7 cm³/mol. The standard InChI is InChI=1S/C13H17ClOS/c1-10(2)16-12-7-5-11(6-8-12)13(15)4-3-9-14/h5-8,10H,3-4,9H2,1-2H3. The first-order chi connectivity index (χ1) is 7.63. The largest absolute Gasteiger partial charge is 0.294 e. The fraction of sp³-hybridized carbons (Fsp3) is 0.462. The van der Waals surface area contributed by atoms with Crippen LogP contribution >= 0.6 is 23.4 Å². The number of Topliss-reactive ketones (excluding diaryl/α,β-unsaturated/α-hetero) is 1. The smallest absolute Gasteiger partial charge is 0.162 e. The van der Waals surface area contributed by atoms with Gasteiger partial charge in [-0.2, -0.15) is 0 Å². The maximum atomic E-state index is 11.7. The van der Waals surface area contributed by atoms with Crippen molar-refractivity contribution in [3.05, 3.63) is 29.8 Å². The van der Waals surface area contributed by atoms with Gasteiger partial charge in [0.1, 0.15) is 0 Å². The van der Waals surface area contributed by atoms with Crippen molar-refractivity contribution < 1.29 is 4.79 Å². The molecule has 0 saturated heterocycles. The number of hydrogen-bond donors (Lipinski definition) is 0. The van der Waals surface area contributed by atoms with Crippen molar-refractivity contribution in [2.45, 2.75) is 36.8 Å². The van der Waals surface area contributed by atoms with Crippen LogP contribution in [0.1, 0.15) is 37.0 Å². The van der Waals surface area contributed by atoms with Crippen LogP contribution in [0.25, 0.3) is 0 Å². The summed E-state index contributed by atoms with van der Waals surface area (Å²) in [6, 6.07) is 7.83. The minimum Gasteiger partial charge on any atom is -0.294 e. The summed E-state index contributed by atoms with van der Waals surface area (Å²) in [4.78, 5) is 12.9. The lowest BCUT2D eigenvalue weighted by molar-refractivity contribution is 0.0982. The van der Waals surface area contributed by atoms with Gasteiger partial charge < -0.3 is 0 Å². The van der Waals surface area contributed by atoms with E-state index in [1.165, 1.54) is 4.90 Å². The Bertz CT molecular complexity index is 332. The highest BCUT2D eigenvalue weighted by molar-refractivity contribution is 7.99. The molecule has 1 nitrogen and oxygen atoms in total. The molecule has 0 radical (unpaired) electrons. The van der Waals surface area contributed by atoms with Crippen LogP contribution in [0.15, 0.2) is 29.2 Å². The van der Waals surface area contributed by atoms with Gasteiger partial charge in [-0.15, -0.1) is 23.4 Å². The number of alkyl halides is 1. The molecule has 0 N–H and O–H groups in total. The molecule has 0 aromatic heterocycles. The minimum absolute atomic E-state index is 0.182. The summed E-state index contributed by atoms with van der Waals surface area (Å²) < 4.78 is 0. The van der Waals surface area contributed by atoms with Gasteiger partial charge in [0.05, 0.1) is 0 Å². The highest BCUT2D eigenvalue weighted by atomic mass is 35.5. The Hall–Kier alpha value is -0.470. The van der Waals surface area contributed by atoms with Gasteiger partial charge in [-0.05, 0) is 18.6 Å². The summed E-state index contributed by atoms with van der Waals surface area (Å²) >= 11 is 7.36. The fourth-order valence-electron chi connectivity index (χ4n) is 1.36. The number of benzene rings is 1. The molecule has 3 heteroatoms. The molecular formula is C13H17ClOS. The molecule has 0 unspecified atom stereocenters. The molecule has 88 valence electrons. The fourth-order valence-corrected chi connectivity index (χ4v) is 2.33. The number of thioether (sulfide) groups is 1. The number of carbonyl (C=O) groups is 1. The second-order valence-corrected chi connectivity index (χ2v) is 5.93. The van der Waals surface area contributed by atoms with Crippen LogP contribution in [-0.2, 0) is 0 Å². The van der Waals surface area contributed by atoms with Crippen LogP contribution in [0.3, 0.4) is 0 Å². The Labute approximate surface area is 107 Å². The van der Waals surface area contributed by atoms with Crippen molar-refractivity contribution in [2.24, 2.45) is 0 Å². The number of hydrogen-bond acceptors (Lipinski definition) is 2. The zero-order valence-electron chi connectivity index (χ0n) is 9.70. The van der Waals surface area contributed by atoms with Crippen LogP contribution in [0.2, 0.25) is 0 Å². The van der Waals surface area contributed by atoms with E-state index >= 15 is 0 Å². The van der Waals surface area contributed by atoms with Crippen LogP contribution in [0, 0.1) is 0 Å². The maximum Gasteiger partial charge on any atom is 0.162 e. The molecule has 0 aliphatic heterocycles. The zero-order chi connectivity index (χ0) is 12.0. The van der Waals surface area contributed by atoms with Crippen molar-refractivity contribution in [2.75, 3.05) is 5.88 Å². The molecule has 0 atom stereocenters. The predicted octanol–water partition coefficient (Wildman–Crippen LogP) is 4.39. The summed E-state index contributed by atoms with van der Waals surface area (Å²) in [6.45, 7) is 4.31. The second-order valence-electron chi connectivity index (χ2n) is 3.91. The summed E-state index contributed by atoms with van der Waals surface area (Å²) in [7, 11) is 0. The van der Waals surface area contributed by atoms with Crippen molar-refractivity contribution >= 4 is 29.1 Å². The molecule has 16 heavy (non-hydrogen) atoms. The average Bonchev–Trinajstić information content (AvgIpc) is 2.26. The van der Waals surface area contributed by atoms with Crippen molar-refractivity contribution in [3.8, 4) is 0 Å². The van der Waals surface area contributed by atoms with Gasteiger partial charge in [-0.3, -0.25) is 4.79 Å². The van der Waals surface area contributed by atoms with E-state index in [0.29, 0.717) is 17.6 Å². The number of halogens is 1. The van der Waals surface area contributed by atoms with Crippen LogP contribution in [0.5, 0.6) is 0 Å². The molecule has 0 saturated carbocycles. The summed E-state index contributed by atoms with van der Waals surface area (Å²) in [5, 5.41) is 0.567. The van der Waals surface area contributed by atoms with Gasteiger partial charge in [0.2, 0.25) is 0 Å². The van der Waals surface area contributed by atoms with E-state index in [4.69, 9.17) is 11.6 Å². The number of carbonyl (C=O) groups excluding carboxylic acids is 1. The van der Waals surface area contributed by atoms with Gasteiger partial charge >= 0.3 is 0 Å². The number of ketones is 1. The third-order valence-corrected chi connectivity index (χ3v) is 3.37. The molecule has 0 amide bonds. The highest BCUT2D eigenvalue weighted by Gasteiger charge is 2.05. The van der Waals surface area contributed by atoms with E-state index in [9.17, 15) is 4.79 Å². The number of rotatable bonds is 6. The molecule has 0 spiro atoms. The van der Waals surface area contributed by atoms with Gasteiger partial charge in [0.15, 0.2) is 5.78 Å². The van der Waals surface area contributed by atoms with E-state index < -0.39 is 0 Å². The Kier molecular flexibility index (Phi) is 5.93. The molecular weight excluding hydrogens is 240 g/mol. The van der Waals surface area contributed by atoms with E-state index in [1.54, 1.807) is 11.8 Å². The van der Waals surface area contributed by atoms with E-state index in [0.717, 1.165) is 12.0 Å². The van der Waals surface area contributed by atoms with E-state index in [-0.39, 0.29) is 5.78 Å². The van der Waals surface area contributed by atoms with Crippen molar-refractivity contribution in [1.82, 2.24) is 0 Å². The quantitative estimate of drug-likeness (QED) is 0.427. The lowest BCUT2D eigenvalue weighted by Gasteiger charge is -2.05. The lowest BCUT2D eigenvalue weighted by Crippen LogP contribution is -1.99. The van der Waals surface area contributed by atoms with E-state index in [2.05, 4.69) is 13.8 Å². The summed E-state index contributed by atoms with van der Waals surface area (Å²) in [6.07, 6.45) is 1.29. The highest BCUT2D eigenvalue weighted by Crippen LogP contribution is 2.23. The Morgan fingerprint density at radius 3 is 2.44 bits per heavy atom. The van der Waals surface area contributed by atoms with Crippen LogP contribution in [0.4, 0.5) is 0 Å². The van der Waals surface area contributed by atoms with Crippen LogP contribution < -0.4 is 0 Å². The molecule has 0 bridgehead atoms. The monoisotopic (exact) mass is 256 g/mol. The second kappa shape index (κ2) is 6.97. The average molecular weight is 257 g/mol. The SMILES string of the molecule is CC(C)Sc1ccc(C(=O)CCCCl)cc1. The van der Waals surface area contributed by atoms with Gasteiger partial charge in [0.25, 0.3) is 0 Å². The first-order valence-electron chi connectivity index (χ1n) is 5.49. The Balaban J connectivity index is 2.60. The normalized spacial score (nSPS) is 10.8. The first kappa shape index (κ1) is 13.6. The summed E-state index contributed by atoms with van der Waals surface area (Å²) in [5.41, 5.74) is 0.790. The van der Waals surface area contributed by atoms with Crippen molar-refractivity contribution in [3.63, 3.8) is 0 Å². The lowest BCUT2D eigenvalue weighted by atomic mass is 10.1. The molecule has 0 aliphatic carbocycles. The first-order valence-corrected chi connectivity index (χ1v) is 6.91. The molecule has 0 heterocycles. The van der Waals surface area contributed by atoms with Crippen LogP contribution in [-0.4, -0.2) is 16.9 Å². The Morgan fingerprint density at radius 2 is 1.94 bits per heavy atom. The van der Waals surface area contributed by atoms with Gasteiger partial charge in [-0.25, -0.2) is 0 Å². The molecule has 0 aliphatic rings. The summed E-state index contributed by atoms with van der Waals surface area (Å²) in [5.74, 6) is 0.731. The minimum atomic E-state index is 0.182. The van der Waals surface area contributed by atoms with Gasteiger partial charge in [-0.1, -0.05) is 26.0 Å². The topological polar surface area (TPSA) is 17.1 Å². The zero-order valence-corrected chi connectivity index (χ0v) is 11.3. The third-order valence-electron chi connectivity index (χ3n) is 2.09. The van der Waals surface area contributed by atoms with Crippen molar-refractivity contribution in [1.29, 1.82) is 0 Å². The Morgan fingerprint density at radius 1 is 1.31 bits per heavy atom. The molecule has 0 fully saturated rings.